The van der Waals surface area contributed by atoms with E-state index in [4.69, 9.17) is 10.5 Å². The monoisotopic (exact) mass is 514 g/mol. The molecule has 1 saturated heterocycles. The predicted octanol–water partition coefficient (Wildman–Crippen LogP) is 4.97. The molecular weight excluding hydrogens is 483 g/mol. The maximum atomic E-state index is 13.0. The molecule has 0 aliphatic carbocycles. The Balaban J connectivity index is 0.000000360. The second-order valence-corrected chi connectivity index (χ2v) is 8.76. The van der Waals surface area contributed by atoms with E-state index in [-0.39, 0.29) is 24.3 Å². The number of aromatic nitrogens is 3. The summed E-state index contributed by atoms with van der Waals surface area (Å²) in [6.07, 6.45) is 4.74. The Labute approximate surface area is 221 Å². The first kappa shape index (κ1) is 26.6. The van der Waals surface area contributed by atoms with Crippen molar-refractivity contribution < 1.29 is 13.9 Å². The minimum absolute atomic E-state index is 0.00556. The molecular formula is C29H31FN6O2. The SMILES string of the molecule is C=C(Nc1ccc(Oc2ccc(F)cc2)cc1)C1CCCN1C(=O)Cn1cncn1.NCc1ccccc1. The second kappa shape index (κ2) is 13.2. The lowest BCUT2D eigenvalue weighted by Crippen LogP contribution is -2.40. The number of carbonyl (C=O) groups excluding carboxylic acids is 1. The van der Waals surface area contributed by atoms with Gasteiger partial charge in [0, 0.05) is 24.5 Å². The molecule has 3 N–H and O–H groups in total. The van der Waals surface area contributed by atoms with Crippen molar-refractivity contribution in [2.24, 2.45) is 5.73 Å². The molecule has 0 saturated carbocycles. The molecule has 38 heavy (non-hydrogen) atoms. The number of nitrogens with zero attached hydrogens (tertiary/aromatic N) is 4. The van der Waals surface area contributed by atoms with Crippen LogP contribution in [0.15, 0.2) is 104 Å². The predicted molar refractivity (Wildman–Crippen MR) is 145 cm³/mol. The molecule has 8 nitrogen and oxygen atoms in total. The van der Waals surface area contributed by atoms with Crippen LogP contribution in [0.3, 0.4) is 0 Å². The number of nitrogens with one attached hydrogen (secondary N) is 1. The van der Waals surface area contributed by atoms with Crippen molar-refractivity contribution in [1.82, 2.24) is 19.7 Å². The summed E-state index contributed by atoms with van der Waals surface area (Å²) in [6, 6.07) is 23.2. The summed E-state index contributed by atoms with van der Waals surface area (Å²) >= 11 is 0. The first-order valence-electron chi connectivity index (χ1n) is 12.4. The third-order valence-electron chi connectivity index (χ3n) is 6.03. The van der Waals surface area contributed by atoms with Gasteiger partial charge >= 0.3 is 0 Å². The number of benzene rings is 3. The van der Waals surface area contributed by atoms with Gasteiger partial charge in [-0.3, -0.25) is 4.79 Å². The maximum absolute atomic E-state index is 13.0. The van der Waals surface area contributed by atoms with E-state index in [0.717, 1.165) is 24.2 Å². The molecule has 0 radical (unpaired) electrons. The smallest absolute Gasteiger partial charge is 0.244 e. The Kier molecular flexibility index (Phi) is 9.20. The molecule has 9 heteroatoms. The zero-order valence-electron chi connectivity index (χ0n) is 21.0. The van der Waals surface area contributed by atoms with Gasteiger partial charge in [-0.2, -0.15) is 5.10 Å². The lowest BCUT2D eigenvalue weighted by molar-refractivity contribution is -0.132. The first-order valence-corrected chi connectivity index (χ1v) is 12.4. The third kappa shape index (κ3) is 7.50. The molecule has 1 aliphatic heterocycles. The number of amides is 1. The number of rotatable bonds is 8. The van der Waals surface area contributed by atoms with Crippen molar-refractivity contribution in [2.75, 3.05) is 11.9 Å². The van der Waals surface area contributed by atoms with E-state index in [1.165, 1.54) is 35.0 Å². The van der Waals surface area contributed by atoms with Gasteiger partial charge in [-0.15, -0.1) is 0 Å². The van der Waals surface area contributed by atoms with Crippen LogP contribution in [0.4, 0.5) is 10.1 Å². The summed E-state index contributed by atoms with van der Waals surface area (Å²) in [5.74, 6) is 0.896. The normalized spacial score (nSPS) is 14.4. The number of anilines is 1. The average molecular weight is 515 g/mol. The van der Waals surface area contributed by atoms with Crippen LogP contribution in [0, 0.1) is 5.82 Å². The second-order valence-electron chi connectivity index (χ2n) is 8.76. The van der Waals surface area contributed by atoms with E-state index in [0.29, 0.717) is 24.6 Å². The van der Waals surface area contributed by atoms with Crippen molar-refractivity contribution in [3.05, 3.63) is 115 Å². The van der Waals surface area contributed by atoms with Crippen LogP contribution in [0.5, 0.6) is 11.5 Å². The van der Waals surface area contributed by atoms with Crippen molar-refractivity contribution in [2.45, 2.75) is 32.0 Å². The summed E-state index contributed by atoms with van der Waals surface area (Å²) in [6.45, 7) is 5.66. The molecule has 1 aromatic heterocycles. The molecule has 0 spiro atoms. The van der Waals surface area contributed by atoms with Crippen LogP contribution in [0.25, 0.3) is 0 Å². The van der Waals surface area contributed by atoms with Gasteiger partial charge in [0.15, 0.2) is 0 Å². The molecule has 1 atom stereocenters. The molecule has 5 rings (SSSR count). The number of hydrogen-bond donors (Lipinski definition) is 2. The average Bonchev–Trinajstić information content (AvgIpc) is 3.65. The third-order valence-corrected chi connectivity index (χ3v) is 6.03. The highest BCUT2D eigenvalue weighted by atomic mass is 19.1. The van der Waals surface area contributed by atoms with Gasteiger partial charge in [0.2, 0.25) is 5.91 Å². The van der Waals surface area contributed by atoms with Crippen LogP contribution in [0.1, 0.15) is 18.4 Å². The van der Waals surface area contributed by atoms with Gasteiger partial charge in [-0.05, 0) is 66.9 Å². The Bertz CT molecular complexity index is 1300. The van der Waals surface area contributed by atoms with E-state index in [1.54, 1.807) is 12.1 Å². The number of halogens is 1. The molecule has 0 bridgehead atoms. The first-order chi connectivity index (χ1) is 18.5. The molecule has 1 fully saturated rings. The molecule has 1 aliphatic rings. The number of ether oxygens (including phenoxy) is 1. The Morgan fingerprint density at radius 1 is 1.05 bits per heavy atom. The highest BCUT2D eigenvalue weighted by Gasteiger charge is 2.30. The van der Waals surface area contributed by atoms with Crippen LogP contribution in [-0.2, 0) is 17.9 Å². The number of nitrogens with two attached hydrogens (primary N) is 1. The highest BCUT2D eigenvalue weighted by molar-refractivity contribution is 5.77. The standard InChI is InChI=1S/C22H22FN5O2.C7H9N/c1-16(21-3-2-12-28(21)22(29)13-27-15-24-14-25-27)26-18-6-10-20(11-7-18)30-19-8-4-17(23)5-9-19;8-6-7-4-2-1-3-5-7/h4-11,14-15,21,26H,1-3,12-13H2;1-5H,6,8H2. The summed E-state index contributed by atoms with van der Waals surface area (Å²) in [5, 5.41) is 7.30. The molecule has 2 heterocycles. The molecule has 3 aromatic carbocycles. The van der Waals surface area contributed by atoms with E-state index in [1.807, 2.05) is 59.5 Å². The van der Waals surface area contributed by atoms with Crippen LogP contribution < -0.4 is 15.8 Å². The summed E-state index contributed by atoms with van der Waals surface area (Å²) in [4.78, 5) is 18.4. The number of likely N-dealkylation sites (tertiary alicyclic amines) is 1. The number of hydrogen-bond acceptors (Lipinski definition) is 6. The van der Waals surface area contributed by atoms with E-state index in [2.05, 4.69) is 22.0 Å². The van der Waals surface area contributed by atoms with Crippen molar-refractivity contribution in [3.8, 4) is 11.5 Å². The van der Waals surface area contributed by atoms with Gasteiger partial charge < -0.3 is 20.7 Å². The molecule has 196 valence electrons. The van der Waals surface area contributed by atoms with Crippen LogP contribution in [-0.4, -0.2) is 38.2 Å². The van der Waals surface area contributed by atoms with Gasteiger partial charge in [0.25, 0.3) is 0 Å². The topological polar surface area (TPSA) is 98.3 Å². The minimum atomic E-state index is -0.305. The lowest BCUT2D eigenvalue weighted by atomic mass is 10.1. The zero-order chi connectivity index (χ0) is 26.7. The lowest BCUT2D eigenvalue weighted by Gasteiger charge is -2.27. The van der Waals surface area contributed by atoms with Gasteiger partial charge in [-0.25, -0.2) is 14.1 Å². The van der Waals surface area contributed by atoms with Gasteiger partial charge in [-0.1, -0.05) is 36.9 Å². The van der Waals surface area contributed by atoms with Gasteiger partial charge in [0.1, 0.15) is 36.5 Å². The maximum Gasteiger partial charge on any atom is 0.244 e. The van der Waals surface area contributed by atoms with Crippen LogP contribution in [0.2, 0.25) is 0 Å². The van der Waals surface area contributed by atoms with Crippen molar-refractivity contribution >= 4 is 11.6 Å². The van der Waals surface area contributed by atoms with E-state index in [9.17, 15) is 9.18 Å². The molecule has 4 aromatic rings. The largest absolute Gasteiger partial charge is 0.457 e. The highest BCUT2D eigenvalue weighted by Crippen LogP contribution is 2.27. The fourth-order valence-corrected chi connectivity index (χ4v) is 4.10. The minimum Gasteiger partial charge on any atom is -0.457 e. The fraction of sp³-hybridized carbons (Fsp3) is 0.207. The molecule has 1 unspecified atom stereocenters. The Morgan fingerprint density at radius 2 is 1.74 bits per heavy atom. The Hall–Kier alpha value is -4.50. The zero-order valence-corrected chi connectivity index (χ0v) is 21.0. The van der Waals surface area contributed by atoms with Crippen molar-refractivity contribution in [3.63, 3.8) is 0 Å². The van der Waals surface area contributed by atoms with E-state index >= 15 is 0 Å². The van der Waals surface area contributed by atoms with E-state index < -0.39 is 0 Å². The summed E-state index contributed by atoms with van der Waals surface area (Å²) < 4.78 is 20.2. The quantitative estimate of drug-likeness (QED) is 0.345. The fourth-order valence-electron chi connectivity index (χ4n) is 4.10. The molecule has 1 amide bonds. The Morgan fingerprint density at radius 3 is 2.34 bits per heavy atom. The van der Waals surface area contributed by atoms with Gasteiger partial charge in [0.05, 0.1) is 6.04 Å². The van der Waals surface area contributed by atoms with Crippen molar-refractivity contribution in [1.29, 1.82) is 0 Å². The summed E-state index contributed by atoms with van der Waals surface area (Å²) in [7, 11) is 0. The van der Waals surface area contributed by atoms with Crippen LogP contribution >= 0.6 is 0 Å². The number of carbonyl (C=O) groups is 1. The summed E-state index contributed by atoms with van der Waals surface area (Å²) in [5.41, 5.74) is 8.16.